The smallest absolute Gasteiger partial charge is 0.243 e. The normalized spacial score (nSPS) is 23.8. The molecule has 2 heterocycles. The topological polar surface area (TPSA) is 131 Å². The lowest BCUT2D eigenvalue weighted by atomic mass is 9.82. The summed E-state index contributed by atoms with van der Waals surface area (Å²) in [5, 5.41) is 28.3. The highest BCUT2D eigenvalue weighted by Gasteiger charge is 2.38. The lowest BCUT2D eigenvalue weighted by Crippen LogP contribution is -2.56. The quantitative estimate of drug-likeness (QED) is 0.161. The van der Waals surface area contributed by atoms with E-state index >= 15 is 0 Å². The molecule has 2 aliphatic heterocycles. The Morgan fingerprint density at radius 3 is 2.26 bits per heavy atom. The summed E-state index contributed by atoms with van der Waals surface area (Å²) in [6.45, 7) is 6.87. The van der Waals surface area contributed by atoms with Gasteiger partial charge < -0.3 is 30.5 Å². The maximum atomic E-state index is 14.1. The fraction of sp³-hybridized carbons (Fsp3) is 0.725. The molecule has 4 N–H and O–H groups in total. The molecule has 1 aromatic carbocycles. The second-order valence-electron chi connectivity index (χ2n) is 15.9. The van der Waals surface area contributed by atoms with Crippen LogP contribution in [0.3, 0.4) is 0 Å². The second kappa shape index (κ2) is 18.6. The van der Waals surface area contributed by atoms with Gasteiger partial charge in [0.2, 0.25) is 17.7 Å². The number of allylic oxidation sites excluding steroid dienone is 1. The predicted molar refractivity (Wildman–Crippen MR) is 194 cm³/mol. The zero-order valence-corrected chi connectivity index (χ0v) is 30.6. The van der Waals surface area contributed by atoms with Gasteiger partial charge >= 0.3 is 0 Å². The van der Waals surface area contributed by atoms with Crippen molar-refractivity contribution in [2.45, 2.75) is 134 Å². The SMILES string of the molecule is CC(C)C[C@H](O)[C@H](O)C(CC1CCCCC1)NC(=O)C(CC1=CC1)NC(=O)[C@@H](CC(=O)N(C)CCN1C2CCC1COC2)Cc1ccccc1. The van der Waals surface area contributed by atoms with Crippen molar-refractivity contribution in [3.63, 3.8) is 0 Å². The third-order valence-corrected chi connectivity index (χ3v) is 11.4. The molecule has 2 aliphatic carbocycles. The number of fused-ring (bicyclic) bond motifs is 2. The number of carbonyl (C=O) groups is 3. The number of aliphatic hydroxyl groups is 2. The number of nitrogens with one attached hydrogen (secondary N) is 2. The number of hydrogen-bond acceptors (Lipinski definition) is 7. The summed E-state index contributed by atoms with van der Waals surface area (Å²) >= 11 is 0. The second-order valence-corrected chi connectivity index (χ2v) is 15.9. The van der Waals surface area contributed by atoms with Crippen molar-refractivity contribution in [2.75, 3.05) is 33.4 Å². The number of morpholine rings is 1. The Balaban J connectivity index is 1.25. The van der Waals surface area contributed by atoms with E-state index in [1.165, 1.54) is 6.42 Å². The Kier molecular flexibility index (Phi) is 14.3. The van der Waals surface area contributed by atoms with Gasteiger partial charge in [-0.15, -0.1) is 0 Å². The molecule has 5 rings (SSSR count). The van der Waals surface area contributed by atoms with Crippen molar-refractivity contribution >= 4 is 17.7 Å². The molecule has 2 bridgehead atoms. The van der Waals surface area contributed by atoms with E-state index in [1.54, 1.807) is 4.90 Å². The van der Waals surface area contributed by atoms with Crippen LogP contribution < -0.4 is 10.6 Å². The summed E-state index contributed by atoms with van der Waals surface area (Å²) in [7, 11) is 1.81. The standard InChI is InChI=1S/C40H62N4O6/c1-27(2)20-36(45)38(47)34(22-29-12-8-5-9-13-29)41-40(49)35(23-30-14-15-30)42-39(48)31(21-28-10-6-4-7-11-28)24-37(46)43(3)18-19-44-32-16-17-33(44)26-50-25-32/h4,6-7,10-11,14,27,29,31-36,38,45,47H,5,8-9,12-13,15-26H2,1-3H3,(H,41,49)(H,42,48)/t31-,32?,33?,34?,35?,36+,38-/m1/s1. The zero-order chi connectivity index (χ0) is 35.6. The number of carbonyl (C=O) groups excluding carboxylic acids is 3. The highest BCUT2D eigenvalue weighted by atomic mass is 16.5. The first-order chi connectivity index (χ1) is 24.1. The summed E-state index contributed by atoms with van der Waals surface area (Å²) < 4.78 is 5.72. The Hall–Kier alpha value is -2.79. The number of hydrogen-bond donors (Lipinski definition) is 4. The maximum absolute atomic E-state index is 14.1. The van der Waals surface area contributed by atoms with E-state index in [0.717, 1.165) is 75.8 Å². The van der Waals surface area contributed by atoms with Crippen LogP contribution in [-0.4, -0.2) is 107 Å². The fourth-order valence-electron chi connectivity index (χ4n) is 8.23. The fourth-order valence-corrected chi connectivity index (χ4v) is 8.23. The van der Waals surface area contributed by atoms with Gasteiger partial charge in [-0.3, -0.25) is 19.3 Å². The van der Waals surface area contributed by atoms with Gasteiger partial charge in [-0.2, -0.15) is 0 Å². The van der Waals surface area contributed by atoms with Crippen molar-refractivity contribution in [1.29, 1.82) is 0 Å². The number of ether oxygens (including phenoxy) is 1. The molecule has 2 saturated heterocycles. The molecule has 3 amide bonds. The molecule has 0 spiro atoms. The number of nitrogens with zero attached hydrogens (tertiary/aromatic N) is 2. The van der Waals surface area contributed by atoms with Gasteiger partial charge in [-0.25, -0.2) is 0 Å². The molecule has 7 atom stereocenters. The van der Waals surface area contributed by atoms with Gasteiger partial charge in [0, 0.05) is 38.6 Å². The zero-order valence-electron chi connectivity index (χ0n) is 30.6. The Morgan fingerprint density at radius 1 is 0.940 bits per heavy atom. The van der Waals surface area contributed by atoms with Gasteiger partial charge in [0.15, 0.2) is 0 Å². The number of likely N-dealkylation sites (N-methyl/N-ethyl adjacent to an activating group) is 1. The molecule has 0 aromatic heterocycles. The van der Waals surface area contributed by atoms with Crippen LogP contribution in [0.2, 0.25) is 0 Å². The molecule has 3 fully saturated rings. The summed E-state index contributed by atoms with van der Waals surface area (Å²) in [5.74, 6) is -0.880. The van der Waals surface area contributed by atoms with Crippen molar-refractivity contribution in [3.05, 3.63) is 47.5 Å². The minimum absolute atomic E-state index is 0.0364. The van der Waals surface area contributed by atoms with Crippen molar-refractivity contribution in [3.8, 4) is 0 Å². The minimum Gasteiger partial charge on any atom is -0.390 e. The summed E-state index contributed by atoms with van der Waals surface area (Å²) in [6, 6.07) is 9.07. The summed E-state index contributed by atoms with van der Waals surface area (Å²) in [6.07, 6.45) is 10.4. The van der Waals surface area contributed by atoms with Crippen LogP contribution in [-0.2, 0) is 25.5 Å². The molecule has 4 aliphatic rings. The van der Waals surface area contributed by atoms with Crippen LogP contribution in [0.15, 0.2) is 42.0 Å². The molecule has 10 nitrogen and oxygen atoms in total. The first kappa shape index (κ1) is 38.4. The molecule has 1 saturated carbocycles. The van der Waals surface area contributed by atoms with E-state index in [9.17, 15) is 24.6 Å². The van der Waals surface area contributed by atoms with Gasteiger partial charge in [0.1, 0.15) is 12.1 Å². The van der Waals surface area contributed by atoms with Crippen molar-refractivity contribution in [2.24, 2.45) is 17.8 Å². The minimum atomic E-state index is -1.11. The van der Waals surface area contributed by atoms with Crippen LogP contribution in [0.1, 0.15) is 96.5 Å². The van der Waals surface area contributed by atoms with Crippen LogP contribution in [0.5, 0.6) is 0 Å². The maximum Gasteiger partial charge on any atom is 0.243 e. The van der Waals surface area contributed by atoms with Crippen LogP contribution in [0.4, 0.5) is 0 Å². The lowest BCUT2D eigenvalue weighted by Gasteiger charge is -2.35. The molecule has 10 heteroatoms. The number of amides is 3. The molecule has 50 heavy (non-hydrogen) atoms. The van der Waals surface area contributed by atoms with Gasteiger partial charge in [-0.05, 0) is 62.3 Å². The average molecular weight is 695 g/mol. The van der Waals surface area contributed by atoms with E-state index < -0.39 is 30.2 Å². The van der Waals surface area contributed by atoms with E-state index in [2.05, 4.69) is 15.5 Å². The summed E-state index contributed by atoms with van der Waals surface area (Å²) in [4.78, 5) is 45.9. The first-order valence-corrected chi connectivity index (χ1v) is 19.3. The third kappa shape index (κ3) is 11.4. The van der Waals surface area contributed by atoms with E-state index in [-0.39, 0.29) is 30.1 Å². The lowest BCUT2D eigenvalue weighted by molar-refractivity contribution is -0.137. The molecule has 1 aromatic rings. The van der Waals surface area contributed by atoms with Gasteiger partial charge in [-0.1, -0.05) is 87.9 Å². The van der Waals surface area contributed by atoms with Crippen molar-refractivity contribution in [1.82, 2.24) is 20.4 Å². The summed E-state index contributed by atoms with van der Waals surface area (Å²) in [5.41, 5.74) is 2.05. The first-order valence-electron chi connectivity index (χ1n) is 19.3. The monoisotopic (exact) mass is 694 g/mol. The van der Waals surface area contributed by atoms with E-state index in [1.807, 2.05) is 57.3 Å². The predicted octanol–water partition coefficient (Wildman–Crippen LogP) is 3.99. The molecule has 278 valence electrons. The van der Waals surface area contributed by atoms with Gasteiger partial charge in [0.05, 0.1) is 31.3 Å². The molecular weight excluding hydrogens is 632 g/mol. The average Bonchev–Trinajstić information content (AvgIpc) is 3.90. The Bertz CT molecular complexity index is 1270. The van der Waals surface area contributed by atoms with Gasteiger partial charge in [0.25, 0.3) is 0 Å². The molecule has 4 unspecified atom stereocenters. The number of rotatable bonds is 19. The largest absolute Gasteiger partial charge is 0.390 e. The van der Waals surface area contributed by atoms with E-state index in [0.29, 0.717) is 50.2 Å². The molecule has 0 radical (unpaired) electrons. The highest BCUT2D eigenvalue weighted by molar-refractivity contribution is 5.91. The van der Waals surface area contributed by atoms with Crippen LogP contribution >= 0.6 is 0 Å². The Labute approximate surface area is 299 Å². The molecular formula is C40H62N4O6. The Morgan fingerprint density at radius 2 is 1.62 bits per heavy atom. The number of aliphatic hydroxyl groups excluding tert-OH is 2. The van der Waals surface area contributed by atoms with Crippen LogP contribution in [0, 0.1) is 17.8 Å². The third-order valence-electron chi connectivity index (χ3n) is 11.4. The van der Waals surface area contributed by atoms with E-state index in [4.69, 9.17) is 4.74 Å². The highest BCUT2D eigenvalue weighted by Crippen LogP contribution is 2.30. The number of benzene rings is 1. The van der Waals surface area contributed by atoms with Crippen molar-refractivity contribution < 1.29 is 29.3 Å². The van der Waals surface area contributed by atoms with Crippen LogP contribution in [0.25, 0.3) is 0 Å².